The first-order valence-electron chi connectivity index (χ1n) is 13.2. The van der Waals surface area contributed by atoms with Crippen LogP contribution in [0.2, 0.25) is 0 Å². The van der Waals surface area contributed by atoms with Gasteiger partial charge >= 0.3 is 0 Å². The van der Waals surface area contributed by atoms with Crippen molar-refractivity contribution in [2.75, 3.05) is 0 Å². The van der Waals surface area contributed by atoms with Crippen LogP contribution in [0.4, 0.5) is 0 Å². The zero-order valence-corrected chi connectivity index (χ0v) is 22.4. The van der Waals surface area contributed by atoms with Gasteiger partial charge in [-0.15, -0.1) is 0 Å². The average Bonchev–Trinajstić information content (AvgIpc) is 2.92. The first kappa shape index (κ1) is 28.4. The van der Waals surface area contributed by atoms with Crippen LogP contribution in [-0.4, -0.2) is 0 Å². The summed E-state index contributed by atoms with van der Waals surface area (Å²) in [5.41, 5.74) is 8.46. The molecule has 2 unspecified atom stereocenters. The van der Waals surface area contributed by atoms with Crippen LogP contribution < -0.4 is 0 Å². The fourth-order valence-corrected chi connectivity index (χ4v) is 4.33. The molecular formula is C33H46. The highest BCUT2D eigenvalue weighted by Crippen LogP contribution is 2.37. The van der Waals surface area contributed by atoms with Gasteiger partial charge in [-0.1, -0.05) is 140 Å². The van der Waals surface area contributed by atoms with E-state index < -0.39 is 0 Å². The van der Waals surface area contributed by atoms with Crippen LogP contribution in [0.5, 0.6) is 0 Å². The summed E-state index contributed by atoms with van der Waals surface area (Å²) in [5.74, 6) is 0.967. The van der Waals surface area contributed by atoms with Crippen LogP contribution in [0.25, 0.3) is 11.1 Å². The van der Waals surface area contributed by atoms with Gasteiger partial charge in [-0.05, 0) is 58.6 Å². The Balaban J connectivity index is 0.000000841. The topological polar surface area (TPSA) is 0 Å². The molecular weight excluding hydrogens is 396 g/mol. The Morgan fingerprint density at radius 3 is 1.91 bits per heavy atom. The summed E-state index contributed by atoms with van der Waals surface area (Å²) < 4.78 is 0. The molecule has 33 heavy (non-hydrogen) atoms. The normalized spacial score (nSPS) is 17.0. The van der Waals surface area contributed by atoms with E-state index in [1.165, 1.54) is 33.4 Å². The van der Waals surface area contributed by atoms with Gasteiger partial charge in [0.2, 0.25) is 0 Å². The highest BCUT2D eigenvalue weighted by atomic mass is 14.2. The Morgan fingerprint density at radius 1 is 0.758 bits per heavy atom. The fraction of sp³-hybridized carbons (Fsp3) is 0.394. The third kappa shape index (κ3) is 7.74. The van der Waals surface area contributed by atoms with Crippen LogP contribution >= 0.6 is 0 Å². The molecule has 0 aromatic heterocycles. The van der Waals surface area contributed by atoms with E-state index in [9.17, 15) is 0 Å². The lowest BCUT2D eigenvalue weighted by Crippen LogP contribution is -2.06. The molecule has 0 N–H and O–H groups in total. The van der Waals surface area contributed by atoms with E-state index in [4.69, 9.17) is 0 Å². The van der Waals surface area contributed by atoms with Crippen molar-refractivity contribution in [3.05, 3.63) is 107 Å². The Kier molecular flexibility index (Phi) is 13.9. The second-order valence-corrected chi connectivity index (χ2v) is 7.79. The molecule has 0 aliphatic heterocycles. The van der Waals surface area contributed by atoms with E-state index in [-0.39, 0.29) is 0 Å². The van der Waals surface area contributed by atoms with Crippen molar-refractivity contribution < 1.29 is 0 Å². The first-order chi connectivity index (χ1) is 16.2. The Morgan fingerprint density at radius 2 is 1.33 bits per heavy atom. The van der Waals surface area contributed by atoms with Crippen LogP contribution in [-0.2, 0) is 0 Å². The van der Waals surface area contributed by atoms with E-state index in [0.29, 0.717) is 11.8 Å². The van der Waals surface area contributed by atoms with Crippen LogP contribution in [0.1, 0.15) is 103 Å². The third-order valence-corrected chi connectivity index (χ3v) is 5.79. The van der Waals surface area contributed by atoms with Gasteiger partial charge in [-0.25, -0.2) is 0 Å². The zero-order chi connectivity index (χ0) is 24.6. The van der Waals surface area contributed by atoms with Gasteiger partial charge in [0.25, 0.3) is 0 Å². The van der Waals surface area contributed by atoms with Crippen molar-refractivity contribution in [2.45, 2.75) is 80.6 Å². The highest BCUT2D eigenvalue weighted by Gasteiger charge is 2.19. The molecule has 0 amide bonds. The van der Waals surface area contributed by atoms with Gasteiger partial charge in [-0.3, -0.25) is 0 Å². The lowest BCUT2D eigenvalue weighted by molar-refractivity contribution is 0.747. The van der Waals surface area contributed by atoms with Gasteiger partial charge in [-0.2, -0.15) is 0 Å². The SMILES string of the molecule is CC.CC.CC.CC1C=CC=C(c2ccccc2C(C)c2ccccc2C2=CCCC=C2)C1. The van der Waals surface area contributed by atoms with Crippen molar-refractivity contribution in [1.29, 1.82) is 0 Å². The summed E-state index contributed by atoms with van der Waals surface area (Å²) >= 11 is 0. The second-order valence-electron chi connectivity index (χ2n) is 7.79. The number of allylic oxidation sites excluding steroid dienone is 8. The number of rotatable bonds is 4. The largest absolute Gasteiger partial charge is 0.0836 e. The third-order valence-electron chi connectivity index (χ3n) is 5.79. The highest BCUT2D eigenvalue weighted by molar-refractivity contribution is 5.78. The summed E-state index contributed by atoms with van der Waals surface area (Å²) in [5, 5.41) is 0. The summed E-state index contributed by atoms with van der Waals surface area (Å²) in [7, 11) is 0. The van der Waals surface area contributed by atoms with Gasteiger partial charge in [0, 0.05) is 5.92 Å². The summed E-state index contributed by atoms with van der Waals surface area (Å²) in [6.07, 6.45) is 17.2. The van der Waals surface area contributed by atoms with Gasteiger partial charge in [0.1, 0.15) is 0 Å². The maximum Gasteiger partial charge on any atom is 0.00731 e. The van der Waals surface area contributed by atoms with Crippen LogP contribution in [0, 0.1) is 5.92 Å². The predicted octanol–water partition coefficient (Wildman–Crippen LogP) is 10.6. The van der Waals surface area contributed by atoms with Gasteiger partial charge in [0.15, 0.2) is 0 Å². The van der Waals surface area contributed by atoms with Gasteiger partial charge in [0.05, 0.1) is 0 Å². The lowest BCUT2D eigenvalue weighted by Gasteiger charge is -2.23. The molecule has 2 aliphatic rings. The molecule has 2 aromatic carbocycles. The Hall–Kier alpha value is -2.60. The smallest absolute Gasteiger partial charge is 0.00731 e. The minimum absolute atomic E-state index is 0.357. The first-order valence-corrected chi connectivity index (χ1v) is 13.2. The van der Waals surface area contributed by atoms with Crippen LogP contribution in [0.3, 0.4) is 0 Å². The molecule has 0 fully saturated rings. The maximum absolute atomic E-state index is 2.38. The molecule has 0 saturated heterocycles. The Bertz CT molecular complexity index is 936. The number of hydrogen-bond acceptors (Lipinski definition) is 0. The predicted molar refractivity (Wildman–Crippen MR) is 152 cm³/mol. The van der Waals surface area contributed by atoms with E-state index in [1.54, 1.807) is 0 Å². The zero-order valence-electron chi connectivity index (χ0n) is 22.4. The van der Waals surface area contributed by atoms with Crippen molar-refractivity contribution in [1.82, 2.24) is 0 Å². The Labute approximate surface area is 204 Å². The standard InChI is InChI=1S/C27H28.3C2H6/c1-20-11-10-14-23(19-20)27-18-9-7-16-25(27)21(2)24-15-6-8-17-26(24)22-12-4-3-5-13-22;3*1-2/h4,6-18,20-21H,3,5,19H2,1-2H3;3*1-2H3. The number of hydrogen-bond donors (Lipinski definition) is 0. The second kappa shape index (κ2) is 16.1. The molecule has 0 spiro atoms. The molecule has 0 heteroatoms. The van der Waals surface area contributed by atoms with E-state index >= 15 is 0 Å². The lowest BCUT2D eigenvalue weighted by atomic mass is 9.81. The minimum Gasteiger partial charge on any atom is -0.0836 e. The summed E-state index contributed by atoms with van der Waals surface area (Å²) in [6, 6.07) is 17.9. The quantitative estimate of drug-likeness (QED) is 0.441. The molecule has 0 bridgehead atoms. The molecule has 2 aromatic rings. The molecule has 0 heterocycles. The van der Waals surface area contributed by atoms with E-state index in [2.05, 4.69) is 98.8 Å². The minimum atomic E-state index is 0.357. The van der Waals surface area contributed by atoms with Crippen molar-refractivity contribution in [3.8, 4) is 0 Å². The van der Waals surface area contributed by atoms with Crippen molar-refractivity contribution in [3.63, 3.8) is 0 Å². The maximum atomic E-state index is 2.38. The van der Waals surface area contributed by atoms with Crippen molar-refractivity contribution >= 4 is 11.1 Å². The summed E-state index contributed by atoms with van der Waals surface area (Å²) in [6.45, 7) is 16.7. The monoisotopic (exact) mass is 442 g/mol. The number of benzene rings is 2. The van der Waals surface area contributed by atoms with E-state index in [1.807, 2.05) is 41.5 Å². The van der Waals surface area contributed by atoms with Crippen molar-refractivity contribution in [2.24, 2.45) is 5.92 Å². The molecule has 0 radical (unpaired) electrons. The molecule has 4 rings (SSSR count). The molecule has 178 valence electrons. The van der Waals surface area contributed by atoms with Gasteiger partial charge < -0.3 is 0 Å². The molecule has 0 saturated carbocycles. The van der Waals surface area contributed by atoms with Crippen LogP contribution in [0.15, 0.2) is 85.0 Å². The fourth-order valence-electron chi connectivity index (χ4n) is 4.33. The molecule has 2 aliphatic carbocycles. The molecule has 0 nitrogen and oxygen atoms in total. The molecule has 2 atom stereocenters. The van der Waals surface area contributed by atoms with E-state index in [0.717, 1.165) is 19.3 Å². The average molecular weight is 443 g/mol. The summed E-state index contributed by atoms with van der Waals surface area (Å²) in [4.78, 5) is 0.